The number of likely N-dealkylation sites (N-methyl/N-ethyl adjacent to an activating group) is 1. The van der Waals surface area contributed by atoms with Crippen molar-refractivity contribution in [2.45, 2.75) is 13.0 Å². The van der Waals surface area contributed by atoms with Crippen molar-refractivity contribution in [2.24, 2.45) is 0 Å². The molecule has 1 atom stereocenters. The number of hydrogen-bond acceptors (Lipinski definition) is 3. The lowest BCUT2D eigenvalue weighted by atomic mass is 10.2. The summed E-state index contributed by atoms with van der Waals surface area (Å²) in [5, 5.41) is 0. The second-order valence-electron chi connectivity index (χ2n) is 6.68. The highest BCUT2D eigenvalue weighted by molar-refractivity contribution is 5.96. The van der Waals surface area contributed by atoms with Gasteiger partial charge in [0, 0.05) is 13.1 Å². The standard InChI is InChI=1S/C24H20F3NO3/c1-16(24(29)28(2)22-6-4-3-5-21(22)26)30-19-11-13-20(14-12-19)31-23(27)15-17-7-9-18(25)10-8-17/h3-16H,1-2H3/t16-/m1/s1. The average molecular weight is 427 g/mol. The minimum absolute atomic E-state index is 0.148. The van der Waals surface area contributed by atoms with Crippen LogP contribution in [0.5, 0.6) is 11.5 Å². The van der Waals surface area contributed by atoms with Crippen LogP contribution >= 0.6 is 0 Å². The normalized spacial score (nSPS) is 12.2. The lowest BCUT2D eigenvalue weighted by Gasteiger charge is -2.22. The molecule has 0 heterocycles. The van der Waals surface area contributed by atoms with Crippen LogP contribution in [0.2, 0.25) is 0 Å². The zero-order valence-corrected chi connectivity index (χ0v) is 16.9. The van der Waals surface area contributed by atoms with E-state index in [1.807, 2.05) is 0 Å². The fourth-order valence-electron chi connectivity index (χ4n) is 2.79. The molecule has 0 fully saturated rings. The number of carbonyl (C=O) groups excluding carboxylic acids is 1. The Kier molecular flexibility index (Phi) is 6.97. The highest BCUT2D eigenvalue weighted by Gasteiger charge is 2.22. The van der Waals surface area contributed by atoms with Crippen molar-refractivity contribution in [3.63, 3.8) is 0 Å². The molecule has 7 heteroatoms. The molecule has 0 N–H and O–H groups in total. The fourth-order valence-corrected chi connectivity index (χ4v) is 2.79. The van der Waals surface area contributed by atoms with Gasteiger partial charge in [-0.15, -0.1) is 0 Å². The molecule has 3 rings (SSSR count). The number of para-hydroxylation sites is 1. The Morgan fingerprint density at radius 3 is 2.19 bits per heavy atom. The molecular weight excluding hydrogens is 407 g/mol. The van der Waals surface area contributed by atoms with Crippen molar-refractivity contribution in [3.8, 4) is 11.5 Å². The zero-order valence-electron chi connectivity index (χ0n) is 16.9. The SMILES string of the molecule is C[C@@H](Oc1ccc(OC(F)=Cc2ccc(F)cc2)cc1)C(=O)N(C)c1ccccc1F. The van der Waals surface area contributed by atoms with Gasteiger partial charge in [0.2, 0.25) is 0 Å². The summed E-state index contributed by atoms with van der Waals surface area (Å²) in [6.07, 6.45) is 0.245. The summed E-state index contributed by atoms with van der Waals surface area (Å²) in [6, 6.07) is 16.4. The van der Waals surface area contributed by atoms with Gasteiger partial charge >= 0.3 is 0 Å². The largest absolute Gasteiger partial charge is 0.481 e. The number of halogens is 3. The van der Waals surface area contributed by atoms with Crippen LogP contribution in [0.15, 0.2) is 78.8 Å². The third-order valence-corrected chi connectivity index (χ3v) is 4.39. The van der Waals surface area contributed by atoms with E-state index in [0.717, 1.165) is 6.08 Å². The Morgan fingerprint density at radius 2 is 1.55 bits per heavy atom. The predicted octanol–water partition coefficient (Wildman–Crippen LogP) is 5.74. The molecular formula is C24H20F3NO3. The third-order valence-electron chi connectivity index (χ3n) is 4.39. The molecule has 0 spiro atoms. The van der Waals surface area contributed by atoms with Crippen LogP contribution in [0.3, 0.4) is 0 Å². The van der Waals surface area contributed by atoms with Gasteiger partial charge in [-0.1, -0.05) is 24.3 Å². The fraction of sp³-hybridized carbons (Fsp3) is 0.125. The number of benzene rings is 3. The highest BCUT2D eigenvalue weighted by Crippen LogP contribution is 2.23. The molecule has 31 heavy (non-hydrogen) atoms. The van der Waals surface area contributed by atoms with E-state index >= 15 is 0 Å². The molecule has 4 nitrogen and oxygen atoms in total. The summed E-state index contributed by atoms with van der Waals surface area (Å²) in [6.45, 7) is 1.55. The summed E-state index contributed by atoms with van der Waals surface area (Å²) in [5.74, 6) is -0.785. The monoisotopic (exact) mass is 427 g/mol. The van der Waals surface area contributed by atoms with E-state index in [9.17, 15) is 18.0 Å². The average Bonchev–Trinajstić information content (AvgIpc) is 2.76. The molecule has 160 valence electrons. The van der Waals surface area contributed by atoms with Crippen LogP contribution in [0.4, 0.5) is 18.9 Å². The first-order valence-electron chi connectivity index (χ1n) is 9.43. The Balaban J connectivity index is 1.60. The van der Waals surface area contributed by atoms with Crippen LogP contribution in [0, 0.1) is 11.6 Å². The summed E-state index contributed by atoms with van der Waals surface area (Å²) < 4.78 is 51.5. The van der Waals surface area contributed by atoms with E-state index in [1.165, 1.54) is 72.6 Å². The summed E-state index contributed by atoms with van der Waals surface area (Å²) >= 11 is 0. The van der Waals surface area contributed by atoms with Crippen molar-refractivity contribution >= 4 is 17.7 Å². The van der Waals surface area contributed by atoms with Gasteiger partial charge in [0.05, 0.1) is 5.69 Å². The molecule has 0 aliphatic heterocycles. The number of anilines is 1. The van der Waals surface area contributed by atoms with Crippen molar-refractivity contribution in [1.29, 1.82) is 0 Å². The van der Waals surface area contributed by atoms with Crippen molar-refractivity contribution in [3.05, 3.63) is 96.0 Å². The maximum atomic E-state index is 14.0. The molecule has 3 aromatic carbocycles. The minimum atomic E-state index is -0.883. The summed E-state index contributed by atoms with van der Waals surface area (Å²) in [4.78, 5) is 13.7. The van der Waals surface area contributed by atoms with E-state index in [-0.39, 0.29) is 11.4 Å². The molecule has 0 aromatic heterocycles. The van der Waals surface area contributed by atoms with Crippen LogP contribution in [0.1, 0.15) is 12.5 Å². The number of carbonyl (C=O) groups is 1. The van der Waals surface area contributed by atoms with Gasteiger partial charge in [0.1, 0.15) is 23.1 Å². The van der Waals surface area contributed by atoms with Gasteiger partial charge in [-0.2, -0.15) is 4.39 Å². The highest BCUT2D eigenvalue weighted by atomic mass is 19.1. The minimum Gasteiger partial charge on any atom is -0.481 e. The van der Waals surface area contributed by atoms with Crippen molar-refractivity contribution < 1.29 is 27.4 Å². The number of amides is 1. The lowest BCUT2D eigenvalue weighted by molar-refractivity contribution is -0.124. The molecule has 0 unspecified atom stereocenters. The van der Waals surface area contributed by atoms with Crippen LogP contribution < -0.4 is 14.4 Å². The van der Waals surface area contributed by atoms with E-state index < -0.39 is 29.7 Å². The van der Waals surface area contributed by atoms with Gasteiger partial charge in [-0.05, 0) is 61.0 Å². The second kappa shape index (κ2) is 9.84. The van der Waals surface area contributed by atoms with Gasteiger partial charge in [-0.3, -0.25) is 4.79 Å². The maximum Gasteiger partial charge on any atom is 0.278 e. The Morgan fingerprint density at radius 1 is 0.935 bits per heavy atom. The quantitative estimate of drug-likeness (QED) is 0.451. The van der Waals surface area contributed by atoms with Gasteiger partial charge in [-0.25, -0.2) is 8.78 Å². The lowest BCUT2D eigenvalue weighted by Crippen LogP contribution is -2.38. The van der Waals surface area contributed by atoms with E-state index in [2.05, 4.69) is 0 Å². The van der Waals surface area contributed by atoms with Gasteiger partial charge in [0.15, 0.2) is 6.10 Å². The van der Waals surface area contributed by atoms with Crippen LogP contribution in [-0.2, 0) is 4.79 Å². The van der Waals surface area contributed by atoms with E-state index in [0.29, 0.717) is 11.3 Å². The van der Waals surface area contributed by atoms with Gasteiger partial charge in [0.25, 0.3) is 11.9 Å². The Bertz CT molecular complexity index is 1070. The molecule has 3 aromatic rings. The van der Waals surface area contributed by atoms with E-state index in [4.69, 9.17) is 9.47 Å². The molecule has 0 saturated heterocycles. The first-order chi connectivity index (χ1) is 14.8. The van der Waals surface area contributed by atoms with Gasteiger partial charge < -0.3 is 14.4 Å². The van der Waals surface area contributed by atoms with Crippen LogP contribution in [-0.4, -0.2) is 19.1 Å². The first kappa shape index (κ1) is 22.0. The molecule has 0 aliphatic rings. The number of nitrogens with zero attached hydrogens (tertiary/aromatic N) is 1. The molecule has 0 radical (unpaired) electrons. The maximum absolute atomic E-state index is 14.0. The van der Waals surface area contributed by atoms with E-state index in [1.54, 1.807) is 19.1 Å². The zero-order chi connectivity index (χ0) is 22.4. The summed E-state index contributed by atoms with van der Waals surface area (Å²) in [5.41, 5.74) is 0.597. The molecule has 0 bridgehead atoms. The molecule has 0 aliphatic carbocycles. The topological polar surface area (TPSA) is 38.8 Å². The summed E-state index contributed by atoms with van der Waals surface area (Å²) in [7, 11) is 1.47. The Labute approximate surface area is 178 Å². The Hall–Kier alpha value is -3.74. The van der Waals surface area contributed by atoms with Crippen molar-refractivity contribution in [2.75, 3.05) is 11.9 Å². The number of ether oxygens (including phenoxy) is 2. The van der Waals surface area contributed by atoms with Crippen LogP contribution in [0.25, 0.3) is 6.08 Å². The predicted molar refractivity (Wildman–Crippen MR) is 112 cm³/mol. The molecule has 1 amide bonds. The third kappa shape index (κ3) is 5.88. The smallest absolute Gasteiger partial charge is 0.278 e. The number of rotatable bonds is 7. The molecule has 0 saturated carbocycles. The second-order valence-corrected chi connectivity index (χ2v) is 6.68. The first-order valence-corrected chi connectivity index (χ1v) is 9.43. The van der Waals surface area contributed by atoms with Crippen molar-refractivity contribution in [1.82, 2.24) is 0 Å². The number of hydrogen-bond donors (Lipinski definition) is 0.